The Balaban J connectivity index is 2.47. The van der Waals surface area contributed by atoms with Gasteiger partial charge in [0, 0.05) is 0 Å². The second-order valence-electron chi connectivity index (χ2n) is 2.85. The molecular formula is C10H14OP+. The van der Waals surface area contributed by atoms with E-state index in [9.17, 15) is 4.57 Å². The van der Waals surface area contributed by atoms with Gasteiger partial charge in [0.2, 0.25) is 0 Å². The van der Waals surface area contributed by atoms with E-state index in [2.05, 4.69) is 6.92 Å². The van der Waals surface area contributed by atoms with Crippen molar-refractivity contribution in [3.05, 3.63) is 35.9 Å². The molecule has 0 aliphatic carbocycles. The highest BCUT2D eigenvalue weighted by Crippen LogP contribution is 2.26. The van der Waals surface area contributed by atoms with Crippen molar-refractivity contribution in [3.8, 4) is 0 Å². The van der Waals surface area contributed by atoms with Crippen molar-refractivity contribution in [1.29, 1.82) is 0 Å². The van der Waals surface area contributed by atoms with Gasteiger partial charge in [-0.3, -0.25) is 0 Å². The summed E-state index contributed by atoms with van der Waals surface area (Å²) >= 11 is 0. The van der Waals surface area contributed by atoms with Crippen LogP contribution in [0.15, 0.2) is 30.3 Å². The van der Waals surface area contributed by atoms with E-state index < -0.39 is 7.80 Å². The van der Waals surface area contributed by atoms with Crippen LogP contribution in [0.1, 0.15) is 18.9 Å². The smallest absolute Gasteiger partial charge is 0.0744 e. The molecule has 0 amide bonds. The SMILES string of the molecule is CCC[P+](=O)Cc1ccccc1. The van der Waals surface area contributed by atoms with E-state index in [1.54, 1.807) is 0 Å². The summed E-state index contributed by atoms with van der Waals surface area (Å²) in [4.78, 5) is 0. The Kier molecular flexibility index (Phi) is 3.96. The molecule has 0 fully saturated rings. The Morgan fingerprint density at radius 2 is 1.92 bits per heavy atom. The van der Waals surface area contributed by atoms with E-state index in [4.69, 9.17) is 0 Å². The van der Waals surface area contributed by atoms with Crippen LogP contribution < -0.4 is 0 Å². The minimum Gasteiger partial charge on any atom is -0.0744 e. The Hall–Kier alpha value is -0.680. The minimum atomic E-state index is -1.01. The van der Waals surface area contributed by atoms with Crippen LogP contribution in [-0.4, -0.2) is 6.16 Å². The third-order valence-electron chi connectivity index (χ3n) is 1.67. The maximum atomic E-state index is 11.4. The fourth-order valence-corrected chi connectivity index (χ4v) is 2.39. The van der Waals surface area contributed by atoms with Gasteiger partial charge in [-0.15, -0.1) is 0 Å². The highest BCUT2D eigenvalue weighted by Gasteiger charge is 2.13. The summed E-state index contributed by atoms with van der Waals surface area (Å²) in [5, 5.41) is 0. The normalized spacial score (nSPS) is 11.2. The molecule has 0 radical (unpaired) electrons. The standard InChI is InChI=1S/C10H14OP/c1-2-8-12(11)9-10-6-4-3-5-7-10/h3-7H,2,8-9H2,1H3/q+1. The summed E-state index contributed by atoms with van der Waals surface area (Å²) in [5.41, 5.74) is 1.19. The summed E-state index contributed by atoms with van der Waals surface area (Å²) in [5.74, 6) is 0. The zero-order valence-corrected chi connectivity index (χ0v) is 8.26. The van der Waals surface area contributed by atoms with Crippen LogP contribution in [0.2, 0.25) is 0 Å². The maximum absolute atomic E-state index is 11.4. The van der Waals surface area contributed by atoms with Crippen molar-refractivity contribution in [2.75, 3.05) is 6.16 Å². The average Bonchev–Trinajstić information content (AvgIpc) is 2.06. The molecule has 1 nitrogen and oxygen atoms in total. The van der Waals surface area contributed by atoms with Crippen LogP contribution in [0.3, 0.4) is 0 Å². The molecule has 0 aliphatic heterocycles. The van der Waals surface area contributed by atoms with Crippen LogP contribution in [0.4, 0.5) is 0 Å². The van der Waals surface area contributed by atoms with Crippen LogP contribution in [0.25, 0.3) is 0 Å². The second kappa shape index (κ2) is 5.05. The third-order valence-corrected chi connectivity index (χ3v) is 3.34. The van der Waals surface area contributed by atoms with Crippen LogP contribution in [-0.2, 0) is 10.7 Å². The molecule has 1 aromatic rings. The first-order chi connectivity index (χ1) is 5.83. The second-order valence-corrected chi connectivity index (χ2v) is 4.58. The lowest BCUT2D eigenvalue weighted by Crippen LogP contribution is -1.81. The van der Waals surface area contributed by atoms with Crippen molar-refractivity contribution < 1.29 is 4.57 Å². The minimum absolute atomic E-state index is 0.740. The van der Waals surface area contributed by atoms with E-state index in [-0.39, 0.29) is 0 Å². The van der Waals surface area contributed by atoms with Gasteiger partial charge in [-0.05, 0) is 12.0 Å². The van der Waals surface area contributed by atoms with Crippen molar-refractivity contribution >= 4 is 7.80 Å². The Labute approximate surface area is 74.6 Å². The molecule has 2 heteroatoms. The number of hydrogen-bond acceptors (Lipinski definition) is 1. The molecule has 0 bridgehead atoms. The van der Waals surface area contributed by atoms with E-state index in [0.29, 0.717) is 0 Å². The summed E-state index contributed by atoms with van der Waals surface area (Å²) in [6, 6.07) is 10.0. The van der Waals surface area contributed by atoms with Gasteiger partial charge in [-0.25, -0.2) is 0 Å². The lowest BCUT2D eigenvalue weighted by Gasteiger charge is -1.89. The zero-order chi connectivity index (χ0) is 8.81. The van der Waals surface area contributed by atoms with E-state index in [1.165, 1.54) is 5.56 Å². The highest BCUT2D eigenvalue weighted by molar-refractivity contribution is 7.43. The molecule has 1 rings (SSSR count). The molecule has 12 heavy (non-hydrogen) atoms. The quantitative estimate of drug-likeness (QED) is 0.650. The van der Waals surface area contributed by atoms with Crippen LogP contribution >= 0.6 is 7.80 Å². The van der Waals surface area contributed by atoms with Crippen molar-refractivity contribution in [1.82, 2.24) is 0 Å². The van der Waals surface area contributed by atoms with Crippen LogP contribution in [0, 0.1) is 0 Å². The zero-order valence-electron chi connectivity index (χ0n) is 7.36. The molecule has 64 valence electrons. The van der Waals surface area contributed by atoms with Crippen molar-refractivity contribution in [2.24, 2.45) is 0 Å². The number of benzene rings is 1. The van der Waals surface area contributed by atoms with Gasteiger partial charge in [0.15, 0.2) is 6.16 Å². The largest absolute Gasteiger partial charge is 0.343 e. The third kappa shape index (κ3) is 3.15. The van der Waals surface area contributed by atoms with E-state index in [1.807, 2.05) is 30.3 Å². The molecule has 1 atom stereocenters. The predicted molar refractivity (Wildman–Crippen MR) is 52.9 cm³/mol. The number of hydrogen-bond donors (Lipinski definition) is 0. The summed E-state index contributed by atoms with van der Waals surface area (Å²) in [6.07, 6.45) is 2.61. The number of rotatable bonds is 4. The van der Waals surface area contributed by atoms with Crippen molar-refractivity contribution in [2.45, 2.75) is 19.5 Å². The fourth-order valence-electron chi connectivity index (χ4n) is 1.12. The Morgan fingerprint density at radius 1 is 1.25 bits per heavy atom. The Bertz CT molecular complexity index is 243. The van der Waals surface area contributed by atoms with Gasteiger partial charge < -0.3 is 0 Å². The lowest BCUT2D eigenvalue weighted by atomic mass is 10.2. The summed E-state index contributed by atoms with van der Waals surface area (Å²) in [6.45, 7) is 2.07. The van der Waals surface area contributed by atoms with E-state index >= 15 is 0 Å². The molecule has 1 aromatic carbocycles. The molecule has 0 aromatic heterocycles. The van der Waals surface area contributed by atoms with Gasteiger partial charge in [0.1, 0.15) is 6.16 Å². The molecule has 1 unspecified atom stereocenters. The van der Waals surface area contributed by atoms with Gasteiger partial charge in [0.25, 0.3) is 0 Å². The molecular weight excluding hydrogens is 167 g/mol. The highest BCUT2D eigenvalue weighted by atomic mass is 31.1. The Morgan fingerprint density at radius 3 is 2.50 bits per heavy atom. The first kappa shape index (κ1) is 9.41. The first-order valence-electron chi connectivity index (χ1n) is 4.29. The van der Waals surface area contributed by atoms with E-state index in [0.717, 1.165) is 18.7 Å². The van der Waals surface area contributed by atoms with Gasteiger partial charge in [0.05, 0.1) is 0 Å². The van der Waals surface area contributed by atoms with Gasteiger partial charge >= 0.3 is 7.80 Å². The lowest BCUT2D eigenvalue weighted by molar-refractivity contribution is 0.586. The molecule has 0 saturated heterocycles. The van der Waals surface area contributed by atoms with Gasteiger partial charge in [-0.1, -0.05) is 41.8 Å². The fraction of sp³-hybridized carbons (Fsp3) is 0.400. The summed E-state index contributed by atoms with van der Waals surface area (Å²) < 4.78 is 11.4. The maximum Gasteiger partial charge on any atom is 0.343 e. The molecule has 0 saturated carbocycles. The topological polar surface area (TPSA) is 17.1 Å². The molecule has 0 spiro atoms. The molecule has 0 aliphatic rings. The monoisotopic (exact) mass is 181 g/mol. The summed E-state index contributed by atoms with van der Waals surface area (Å²) in [7, 11) is -1.01. The molecule has 0 heterocycles. The predicted octanol–water partition coefficient (Wildman–Crippen LogP) is 3.42. The van der Waals surface area contributed by atoms with Crippen molar-refractivity contribution in [3.63, 3.8) is 0 Å². The average molecular weight is 181 g/mol. The molecule has 0 N–H and O–H groups in total. The first-order valence-corrected chi connectivity index (χ1v) is 5.92. The van der Waals surface area contributed by atoms with Gasteiger partial charge in [-0.2, -0.15) is 0 Å². The van der Waals surface area contributed by atoms with Crippen LogP contribution in [0.5, 0.6) is 0 Å².